The Morgan fingerprint density at radius 3 is 2.62 bits per heavy atom. The highest BCUT2D eigenvalue weighted by Gasteiger charge is 2.44. The van der Waals surface area contributed by atoms with Crippen LogP contribution in [0.5, 0.6) is 0 Å². The number of carbonyl (C=O) groups is 2. The molecule has 0 N–H and O–H groups in total. The third-order valence-electron chi connectivity index (χ3n) is 5.67. The van der Waals surface area contributed by atoms with Gasteiger partial charge in [0.2, 0.25) is 0 Å². The number of methoxy groups -OCH3 is 1. The second-order valence-electron chi connectivity index (χ2n) is 7.57. The smallest absolute Gasteiger partial charge is 0.419 e. The van der Waals surface area contributed by atoms with Crippen LogP contribution in [-0.4, -0.2) is 61.9 Å². The number of esters is 1. The molecule has 0 aliphatic carbocycles. The summed E-state index contributed by atoms with van der Waals surface area (Å²) in [5, 5.41) is 1.40. The number of aromatic nitrogens is 5. The van der Waals surface area contributed by atoms with Gasteiger partial charge in [-0.1, -0.05) is 23.2 Å². The molecule has 0 unspecified atom stereocenters. The Morgan fingerprint density at radius 1 is 1.12 bits per heavy atom. The largest absolute Gasteiger partial charge is 0.467 e. The van der Waals surface area contributed by atoms with E-state index in [0.29, 0.717) is 34.3 Å². The fourth-order valence-electron chi connectivity index (χ4n) is 4.07. The summed E-state index contributed by atoms with van der Waals surface area (Å²) < 4.78 is 13.7. The number of nitrogens with zero attached hydrogens (tertiary/aromatic N) is 6. The van der Waals surface area contributed by atoms with Gasteiger partial charge in [-0.3, -0.25) is 0 Å². The standard InChI is InChI=1S/C22H18Cl2N6O4/c1-33-21(31)20-16(34-22(32)29-9-6-26-12-29)4-7-30(20)17-10-15(28-8-5-25-11-28)13-2-3-14(23)18(24)19(13)27-17/h2-3,5-6,8-12,16,20H,4,7H2,1H3/t16-,20+/m1/s1. The number of ether oxygens (including phenoxy) is 2. The summed E-state index contributed by atoms with van der Waals surface area (Å²) in [7, 11) is 1.29. The van der Waals surface area contributed by atoms with Gasteiger partial charge in [0, 0.05) is 49.2 Å². The molecule has 1 aliphatic heterocycles. The topological polar surface area (TPSA) is 104 Å². The number of rotatable bonds is 4. The number of fused-ring (bicyclic) bond motifs is 1. The van der Waals surface area contributed by atoms with Crippen molar-refractivity contribution in [3.8, 4) is 5.69 Å². The summed E-state index contributed by atoms with van der Waals surface area (Å²) >= 11 is 12.8. The quantitative estimate of drug-likeness (QED) is 0.390. The highest BCUT2D eigenvalue weighted by atomic mass is 35.5. The highest BCUT2D eigenvalue weighted by molar-refractivity contribution is 6.45. The molecule has 10 nitrogen and oxygen atoms in total. The van der Waals surface area contributed by atoms with Gasteiger partial charge in [-0.25, -0.2) is 29.1 Å². The van der Waals surface area contributed by atoms with Crippen molar-refractivity contribution in [2.75, 3.05) is 18.6 Å². The molecule has 0 radical (unpaired) electrons. The molecule has 0 saturated carbocycles. The van der Waals surface area contributed by atoms with E-state index in [-0.39, 0.29) is 0 Å². The molecule has 4 aromatic rings. The molecule has 1 aromatic carbocycles. The van der Waals surface area contributed by atoms with Gasteiger partial charge >= 0.3 is 12.1 Å². The van der Waals surface area contributed by atoms with Crippen LogP contribution in [0.15, 0.2) is 55.6 Å². The fraction of sp³-hybridized carbons (Fsp3) is 0.227. The normalized spacial score (nSPS) is 17.8. The third-order valence-corrected chi connectivity index (χ3v) is 6.46. The van der Waals surface area contributed by atoms with Crippen LogP contribution in [0.25, 0.3) is 16.6 Å². The third kappa shape index (κ3) is 3.84. The molecule has 5 rings (SSSR count). The Labute approximate surface area is 203 Å². The van der Waals surface area contributed by atoms with Crippen molar-refractivity contribution in [3.05, 3.63) is 65.7 Å². The Kier molecular flexibility index (Phi) is 5.84. The minimum atomic E-state index is -0.906. The zero-order chi connectivity index (χ0) is 23.8. The van der Waals surface area contributed by atoms with E-state index in [1.165, 1.54) is 30.4 Å². The lowest BCUT2D eigenvalue weighted by atomic mass is 10.1. The molecule has 1 saturated heterocycles. The molecule has 0 bridgehead atoms. The maximum absolute atomic E-state index is 12.8. The minimum absolute atomic E-state index is 0.291. The van der Waals surface area contributed by atoms with E-state index >= 15 is 0 Å². The van der Waals surface area contributed by atoms with Gasteiger partial charge in [0.1, 0.15) is 18.2 Å². The number of anilines is 1. The van der Waals surface area contributed by atoms with Crippen LogP contribution in [0.3, 0.4) is 0 Å². The van der Waals surface area contributed by atoms with Gasteiger partial charge in [0.25, 0.3) is 0 Å². The Morgan fingerprint density at radius 2 is 1.91 bits per heavy atom. The van der Waals surface area contributed by atoms with Crippen molar-refractivity contribution >= 4 is 52.0 Å². The van der Waals surface area contributed by atoms with Crippen LogP contribution in [0.1, 0.15) is 6.42 Å². The van der Waals surface area contributed by atoms with E-state index in [2.05, 4.69) is 9.97 Å². The second-order valence-corrected chi connectivity index (χ2v) is 8.35. The molecule has 34 heavy (non-hydrogen) atoms. The molecule has 0 spiro atoms. The van der Waals surface area contributed by atoms with E-state index in [4.69, 9.17) is 37.7 Å². The lowest BCUT2D eigenvalue weighted by Crippen LogP contribution is -2.45. The molecular formula is C22H18Cl2N6O4. The van der Waals surface area contributed by atoms with Gasteiger partial charge < -0.3 is 18.9 Å². The van der Waals surface area contributed by atoms with Gasteiger partial charge in [-0.05, 0) is 12.1 Å². The van der Waals surface area contributed by atoms with Gasteiger partial charge in [0.15, 0.2) is 6.04 Å². The lowest BCUT2D eigenvalue weighted by molar-refractivity contribution is -0.144. The summed E-state index contributed by atoms with van der Waals surface area (Å²) in [5.74, 6) is -0.0962. The number of imidazole rings is 2. The Balaban J connectivity index is 1.58. The van der Waals surface area contributed by atoms with Crippen molar-refractivity contribution in [1.29, 1.82) is 0 Å². The molecular weight excluding hydrogens is 483 g/mol. The Hall–Kier alpha value is -3.63. The van der Waals surface area contributed by atoms with Crippen LogP contribution in [0.2, 0.25) is 10.0 Å². The molecule has 3 aromatic heterocycles. The van der Waals surface area contributed by atoms with Crippen LogP contribution in [0, 0.1) is 0 Å². The first kappa shape index (κ1) is 22.2. The minimum Gasteiger partial charge on any atom is -0.467 e. The Bertz CT molecular complexity index is 1360. The maximum atomic E-state index is 12.8. The number of hydrogen-bond acceptors (Lipinski definition) is 8. The molecule has 2 atom stereocenters. The van der Waals surface area contributed by atoms with E-state index in [1.54, 1.807) is 29.7 Å². The van der Waals surface area contributed by atoms with Crippen molar-refractivity contribution < 1.29 is 19.1 Å². The lowest BCUT2D eigenvalue weighted by Gasteiger charge is -2.27. The van der Waals surface area contributed by atoms with E-state index in [1.807, 2.05) is 16.7 Å². The summed E-state index contributed by atoms with van der Waals surface area (Å²) in [6.07, 6.45) is 8.35. The molecule has 174 valence electrons. The van der Waals surface area contributed by atoms with Crippen molar-refractivity contribution in [2.24, 2.45) is 0 Å². The first-order valence-corrected chi connectivity index (χ1v) is 11.0. The average molecular weight is 501 g/mol. The second kappa shape index (κ2) is 8.96. The zero-order valence-electron chi connectivity index (χ0n) is 17.8. The molecule has 12 heteroatoms. The predicted octanol–water partition coefficient (Wildman–Crippen LogP) is 3.73. The van der Waals surface area contributed by atoms with Gasteiger partial charge in [-0.15, -0.1) is 0 Å². The number of pyridine rings is 1. The van der Waals surface area contributed by atoms with Gasteiger partial charge in [-0.2, -0.15) is 0 Å². The van der Waals surface area contributed by atoms with Crippen LogP contribution in [0.4, 0.5) is 10.6 Å². The molecule has 1 aliphatic rings. The zero-order valence-corrected chi connectivity index (χ0v) is 19.3. The van der Waals surface area contributed by atoms with Crippen molar-refractivity contribution in [2.45, 2.75) is 18.6 Å². The fourth-order valence-corrected chi connectivity index (χ4v) is 4.43. The van der Waals surface area contributed by atoms with E-state index in [9.17, 15) is 9.59 Å². The number of benzene rings is 1. The number of hydrogen-bond donors (Lipinski definition) is 0. The first-order chi connectivity index (χ1) is 16.5. The summed E-state index contributed by atoms with van der Waals surface area (Å²) in [4.78, 5) is 39.8. The molecule has 4 heterocycles. The average Bonchev–Trinajstić information content (AvgIpc) is 3.62. The molecule has 0 amide bonds. The predicted molar refractivity (Wildman–Crippen MR) is 125 cm³/mol. The maximum Gasteiger partial charge on any atom is 0.419 e. The first-order valence-electron chi connectivity index (χ1n) is 10.3. The van der Waals surface area contributed by atoms with E-state index in [0.717, 1.165) is 11.1 Å². The van der Waals surface area contributed by atoms with Gasteiger partial charge in [0.05, 0.1) is 34.7 Å². The van der Waals surface area contributed by atoms with Crippen LogP contribution in [-0.2, 0) is 14.3 Å². The van der Waals surface area contributed by atoms with Crippen LogP contribution >= 0.6 is 23.2 Å². The summed E-state index contributed by atoms with van der Waals surface area (Å²) in [6, 6.07) is 4.44. The summed E-state index contributed by atoms with van der Waals surface area (Å²) in [5.41, 5.74) is 1.22. The number of halogens is 2. The van der Waals surface area contributed by atoms with E-state index < -0.39 is 24.2 Å². The summed E-state index contributed by atoms with van der Waals surface area (Å²) in [6.45, 7) is 0.391. The van der Waals surface area contributed by atoms with Crippen molar-refractivity contribution in [3.63, 3.8) is 0 Å². The molecule has 1 fully saturated rings. The highest BCUT2D eigenvalue weighted by Crippen LogP contribution is 2.37. The number of carbonyl (C=O) groups excluding carboxylic acids is 2. The van der Waals surface area contributed by atoms with Crippen LogP contribution < -0.4 is 4.90 Å². The monoisotopic (exact) mass is 500 g/mol. The SMILES string of the molecule is COC(=O)[C@@H]1[C@H](OC(=O)n2ccnc2)CCN1c1cc(-n2ccnc2)c2ccc(Cl)c(Cl)c2n1. The van der Waals surface area contributed by atoms with Crippen molar-refractivity contribution in [1.82, 2.24) is 24.1 Å².